The molecule has 1 amide bonds. The molecule has 0 radical (unpaired) electrons. The van der Waals surface area contributed by atoms with Gasteiger partial charge >= 0.3 is 0 Å². The van der Waals surface area contributed by atoms with Gasteiger partial charge in [0.2, 0.25) is 5.91 Å². The lowest BCUT2D eigenvalue weighted by atomic mass is 9.78. The number of hydrogen-bond donors (Lipinski definition) is 0. The monoisotopic (exact) mass is 312 g/mol. The summed E-state index contributed by atoms with van der Waals surface area (Å²) in [7, 11) is 1.95. The molecule has 23 heavy (non-hydrogen) atoms. The van der Waals surface area contributed by atoms with Gasteiger partial charge in [0.15, 0.2) is 0 Å². The molecule has 4 rings (SSSR count). The van der Waals surface area contributed by atoms with E-state index in [0.717, 1.165) is 57.5 Å². The van der Waals surface area contributed by atoms with Gasteiger partial charge in [-0.25, -0.2) is 4.98 Å². The summed E-state index contributed by atoms with van der Waals surface area (Å²) in [5, 5.41) is 0. The number of likely N-dealkylation sites (tertiary alicyclic amines) is 2. The Morgan fingerprint density at radius 1 is 1.17 bits per heavy atom. The highest BCUT2D eigenvalue weighted by molar-refractivity contribution is 5.84. The Hall–Kier alpha value is -1.88. The number of nitrogens with zero attached hydrogens (tertiary/aromatic N) is 4. The van der Waals surface area contributed by atoms with Crippen molar-refractivity contribution in [3.8, 4) is 0 Å². The zero-order valence-corrected chi connectivity index (χ0v) is 13.7. The Morgan fingerprint density at radius 3 is 2.96 bits per heavy atom. The molecule has 3 heterocycles. The fraction of sp³-hybridized carbons (Fsp3) is 0.556. The normalized spacial score (nSPS) is 25.8. The number of carbonyl (C=O) groups excluding carboxylic acids is 1. The predicted molar refractivity (Wildman–Crippen MR) is 90.1 cm³/mol. The summed E-state index contributed by atoms with van der Waals surface area (Å²) in [6.45, 7) is 4.79. The molecule has 5 nitrogen and oxygen atoms in total. The molecule has 2 fully saturated rings. The average molecular weight is 312 g/mol. The van der Waals surface area contributed by atoms with Crippen LogP contribution in [0.2, 0.25) is 0 Å². The first-order valence-corrected chi connectivity index (χ1v) is 8.56. The van der Waals surface area contributed by atoms with Crippen LogP contribution in [0.15, 0.2) is 30.6 Å². The molecule has 1 aromatic carbocycles. The lowest BCUT2D eigenvalue weighted by molar-refractivity contribution is -0.143. The van der Waals surface area contributed by atoms with E-state index in [-0.39, 0.29) is 5.41 Å². The number of rotatable bonds is 3. The Kier molecular flexibility index (Phi) is 3.60. The molecule has 2 saturated heterocycles. The van der Waals surface area contributed by atoms with Gasteiger partial charge in [0.05, 0.1) is 22.8 Å². The van der Waals surface area contributed by atoms with Gasteiger partial charge < -0.3 is 14.4 Å². The molecule has 2 aliphatic rings. The number of aromatic nitrogens is 2. The van der Waals surface area contributed by atoms with E-state index in [1.54, 1.807) is 0 Å². The van der Waals surface area contributed by atoms with Crippen LogP contribution in [-0.4, -0.2) is 58.5 Å². The Balaban J connectivity index is 1.42. The van der Waals surface area contributed by atoms with Gasteiger partial charge in [-0.15, -0.1) is 0 Å². The molecule has 0 aliphatic carbocycles. The number of amides is 1. The maximum atomic E-state index is 12.6. The first-order valence-electron chi connectivity index (χ1n) is 8.56. The number of imidazole rings is 1. The maximum absolute atomic E-state index is 12.6. The van der Waals surface area contributed by atoms with E-state index in [0.29, 0.717) is 5.91 Å². The second kappa shape index (κ2) is 5.64. The smallest absolute Gasteiger partial charge is 0.229 e. The highest BCUT2D eigenvalue weighted by Crippen LogP contribution is 2.39. The van der Waals surface area contributed by atoms with E-state index >= 15 is 0 Å². The SMILES string of the molecule is CN1CCCC2(CCN(CCn3cnc4ccccc43)C2)C1=O. The molecule has 122 valence electrons. The molecule has 0 bridgehead atoms. The van der Waals surface area contributed by atoms with Gasteiger partial charge in [0.25, 0.3) is 0 Å². The second-order valence-electron chi connectivity index (χ2n) is 7.06. The molecule has 1 spiro atoms. The molecular weight excluding hydrogens is 288 g/mol. The standard InChI is InChI=1S/C18H24N4O/c1-20-9-4-7-18(17(20)23)8-10-21(13-18)11-12-22-14-19-15-5-2-3-6-16(15)22/h2-3,5-6,14H,4,7-13H2,1H3. The van der Waals surface area contributed by atoms with E-state index < -0.39 is 0 Å². The van der Waals surface area contributed by atoms with Gasteiger partial charge in [-0.1, -0.05) is 12.1 Å². The van der Waals surface area contributed by atoms with E-state index in [1.165, 1.54) is 5.52 Å². The number of para-hydroxylation sites is 2. The summed E-state index contributed by atoms with van der Waals surface area (Å²) in [6, 6.07) is 8.25. The first kappa shape index (κ1) is 14.7. The summed E-state index contributed by atoms with van der Waals surface area (Å²) in [4.78, 5) is 21.4. The Labute approximate surface area is 136 Å². The molecule has 2 aliphatic heterocycles. The zero-order valence-electron chi connectivity index (χ0n) is 13.7. The van der Waals surface area contributed by atoms with Crippen LogP contribution in [0, 0.1) is 5.41 Å². The molecule has 0 N–H and O–H groups in total. The van der Waals surface area contributed by atoms with Crippen LogP contribution in [0.4, 0.5) is 0 Å². The fourth-order valence-electron chi connectivity index (χ4n) is 4.23. The molecule has 5 heteroatoms. The summed E-state index contributed by atoms with van der Waals surface area (Å²) < 4.78 is 2.22. The Bertz CT molecular complexity index is 725. The second-order valence-corrected chi connectivity index (χ2v) is 7.06. The number of fused-ring (bicyclic) bond motifs is 1. The van der Waals surface area contributed by atoms with E-state index in [2.05, 4.69) is 26.6 Å². The third kappa shape index (κ3) is 2.53. The Morgan fingerprint density at radius 2 is 2.04 bits per heavy atom. The highest BCUT2D eigenvalue weighted by Gasteiger charge is 2.47. The minimum absolute atomic E-state index is 0.107. The van der Waals surface area contributed by atoms with Crippen molar-refractivity contribution in [2.24, 2.45) is 5.41 Å². The van der Waals surface area contributed by atoms with Crippen LogP contribution >= 0.6 is 0 Å². The van der Waals surface area contributed by atoms with Crippen LogP contribution in [0.5, 0.6) is 0 Å². The lowest BCUT2D eigenvalue weighted by Gasteiger charge is -2.37. The summed E-state index contributed by atoms with van der Waals surface area (Å²) in [6.07, 6.45) is 5.14. The quantitative estimate of drug-likeness (QED) is 0.870. The first-order chi connectivity index (χ1) is 11.2. The van der Waals surface area contributed by atoms with Crippen molar-refractivity contribution in [1.29, 1.82) is 0 Å². The van der Waals surface area contributed by atoms with Gasteiger partial charge in [0, 0.05) is 33.2 Å². The minimum atomic E-state index is -0.107. The van der Waals surface area contributed by atoms with Crippen molar-refractivity contribution in [2.45, 2.75) is 25.8 Å². The fourth-order valence-corrected chi connectivity index (χ4v) is 4.23. The van der Waals surface area contributed by atoms with Gasteiger partial charge in [-0.3, -0.25) is 4.79 Å². The van der Waals surface area contributed by atoms with Crippen molar-refractivity contribution >= 4 is 16.9 Å². The van der Waals surface area contributed by atoms with Crippen LogP contribution in [0.3, 0.4) is 0 Å². The number of benzene rings is 1. The molecule has 1 atom stereocenters. The number of hydrogen-bond acceptors (Lipinski definition) is 3. The minimum Gasteiger partial charge on any atom is -0.345 e. The molecule has 1 aromatic heterocycles. The topological polar surface area (TPSA) is 41.4 Å². The van der Waals surface area contributed by atoms with Gasteiger partial charge in [-0.05, 0) is 37.9 Å². The summed E-state index contributed by atoms with van der Waals surface area (Å²) >= 11 is 0. The highest BCUT2D eigenvalue weighted by atomic mass is 16.2. The predicted octanol–water partition coefficient (Wildman–Crippen LogP) is 1.98. The van der Waals surface area contributed by atoms with Crippen LogP contribution in [0.1, 0.15) is 19.3 Å². The van der Waals surface area contributed by atoms with Crippen molar-refractivity contribution in [3.63, 3.8) is 0 Å². The maximum Gasteiger partial charge on any atom is 0.229 e. The summed E-state index contributed by atoms with van der Waals surface area (Å²) in [5.41, 5.74) is 2.13. The average Bonchev–Trinajstić information content (AvgIpc) is 3.16. The molecule has 0 saturated carbocycles. The lowest BCUT2D eigenvalue weighted by Crippen LogP contribution is -2.48. The number of carbonyl (C=O) groups is 1. The van der Waals surface area contributed by atoms with Crippen LogP contribution < -0.4 is 0 Å². The van der Waals surface area contributed by atoms with Crippen molar-refractivity contribution < 1.29 is 4.79 Å². The molecular formula is C18H24N4O. The van der Waals surface area contributed by atoms with Crippen LogP contribution in [-0.2, 0) is 11.3 Å². The van der Waals surface area contributed by atoms with Crippen LogP contribution in [0.25, 0.3) is 11.0 Å². The molecule has 1 unspecified atom stereocenters. The number of piperidine rings is 1. The van der Waals surface area contributed by atoms with E-state index in [1.807, 2.05) is 30.4 Å². The van der Waals surface area contributed by atoms with E-state index in [9.17, 15) is 4.79 Å². The third-order valence-electron chi connectivity index (χ3n) is 5.57. The van der Waals surface area contributed by atoms with Gasteiger partial charge in [0.1, 0.15) is 0 Å². The van der Waals surface area contributed by atoms with E-state index in [4.69, 9.17) is 0 Å². The van der Waals surface area contributed by atoms with Crippen molar-refractivity contribution in [1.82, 2.24) is 19.4 Å². The zero-order chi connectivity index (χ0) is 15.9. The van der Waals surface area contributed by atoms with Crippen molar-refractivity contribution in [3.05, 3.63) is 30.6 Å². The van der Waals surface area contributed by atoms with Gasteiger partial charge in [-0.2, -0.15) is 0 Å². The molecule has 2 aromatic rings. The summed E-state index contributed by atoms with van der Waals surface area (Å²) in [5.74, 6) is 0.360. The van der Waals surface area contributed by atoms with Crippen molar-refractivity contribution in [2.75, 3.05) is 33.2 Å². The third-order valence-corrected chi connectivity index (χ3v) is 5.57. The largest absolute Gasteiger partial charge is 0.345 e.